The van der Waals surface area contributed by atoms with Crippen LogP contribution in [-0.4, -0.2) is 57.9 Å². The number of para-hydroxylation sites is 1. The maximum Gasteiger partial charge on any atom is 0.242 e. The van der Waals surface area contributed by atoms with Crippen LogP contribution < -0.4 is 15.1 Å². The molecule has 1 saturated heterocycles. The molecule has 0 radical (unpaired) electrons. The average Bonchev–Trinajstić information content (AvgIpc) is 3.23. The SMILES string of the molecule is O=C(Cn1ncc2c(N3CCN(c4ccccc4)CC3)ncnc21)NC1CCCCC1. The molecule has 3 heterocycles. The van der Waals surface area contributed by atoms with E-state index in [9.17, 15) is 4.79 Å². The zero-order chi connectivity index (χ0) is 21.0. The van der Waals surface area contributed by atoms with Gasteiger partial charge in [-0.15, -0.1) is 0 Å². The minimum atomic E-state index is 0.00791. The monoisotopic (exact) mass is 419 g/mol. The van der Waals surface area contributed by atoms with Gasteiger partial charge < -0.3 is 15.1 Å². The number of nitrogens with zero attached hydrogens (tertiary/aromatic N) is 6. The Morgan fingerprint density at radius 2 is 1.71 bits per heavy atom. The van der Waals surface area contributed by atoms with Crippen LogP contribution >= 0.6 is 0 Å². The summed E-state index contributed by atoms with van der Waals surface area (Å²) in [5, 5.41) is 8.53. The quantitative estimate of drug-likeness (QED) is 0.685. The number of rotatable bonds is 5. The summed E-state index contributed by atoms with van der Waals surface area (Å²) < 4.78 is 1.69. The third-order valence-electron chi connectivity index (χ3n) is 6.38. The molecule has 1 aromatic carbocycles. The van der Waals surface area contributed by atoms with E-state index in [2.05, 4.69) is 54.4 Å². The van der Waals surface area contributed by atoms with E-state index in [1.807, 2.05) is 6.07 Å². The van der Waals surface area contributed by atoms with E-state index in [-0.39, 0.29) is 12.5 Å². The molecule has 2 fully saturated rings. The second-order valence-electron chi connectivity index (χ2n) is 8.45. The molecule has 0 spiro atoms. The van der Waals surface area contributed by atoms with Gasteiger partial charge in [0, 0.05) is 37.9 Å². The minimum Gasteiger partial charge on any atom is -0.368 e. The van der Waals surface area contributed by atoms with Crippen LogP contribution in [-0.2, 0) is 11.3 Å². The lowest BCUT2D eigenvalue weighted by Crippen LogP contribution is -2.46. The summed E-state index contributed by atoms with van der Waals surface area (Å²) in [5.41, 5.74) is 1.97. The lowest BCUT2D eigenvalue weighted by atomic mass is 9.95. The molecule has 8 heteroatoms. The predicted molar refractivity (Wildman–Crippen MR) is 121 cm³/mol. The Kier molecular flexibility index (Phi) is 5.69. The molecular formula is C23H29N7O. The van der Waals surface area contributed by atoms with Crippen molar-refractivity contribution in [1.82, 2.24) is 25.1 Å². The van der Waals surface area contributed by atoms with Gasteiger partial charge >= 0.3 is 0 Å². The molecule has 1 saturated carbocycles. The van der Waals surface area contributed by atoms with Gasteiger partial charge in [0.15, 0.2) is 5.65 Å². The first-order valence-electron chi connectivity index (χ1n) is 11.3. The standard InChI is InChI=1S/C23H29N7O/c31-21(27-18-7-3-1-4-8-18)16-30-23-20(15-26-30)22(24-17-25-23)29-13-11-28(12-14-29)19-9-5-2-6-10-19/h2,5-6,9-10,15,17-18H,1,3-4,7-8,11-14,16H2,(H,27,31). The molecule has 5 rings (SSSR count). The van der Waals surface area contributed by atoms with Gasteiger partial charge in [0.2, 0.25) is 5.91 Å². The molecule has 8 nitrogen and oxygen atoms in total. The highest BCUT2D eigenvalue weighted by molar-refractivity contribution is 5.88. The number of carbonyl (C=O) groups excluding carboxylic acids is 1. The van der Waals surface area contributed by atoms with Crippen LogP contribution in [0.25, 0.3) is 11.0 Å². The van der Waals surface area contributed by atoms with E-state index < -0.39 is 0 Å². The fourth-order valence-electron chi connectivity index (χ4n) is 4.72. The van der Waals surface area contributed by atoms with Crippen LogP contribution in [0.4, 0.5) is 11.5 Å². The van der Waals surface area contributed by atoms with Crippen molar-refractivity contribution < 1.29 is 4.79 Å². The first kappa shape index (κ1) is 19.8. The molecule has 1 aliphatic carbocycles. The number of anilines is 2. The van der Waals surface area contributed by atoms with Crippen molar-refractivity contribution in [3.63, 3.8) is 0 Å². The molecule has 0 unspecified atom stereocenters. The number of aromatic nitrogens is 4. The first-order chi connectivity index (χ1) is 15.3. The number of amides is 1. The van der Waals surface area contributed by atoms with Crippen molar-refractivity contribution in [3.8, 4) is 0 Å². The van der Waals surface area contributed by atoms with Crippen LogP contribution in [0, 0.1) is 0 Å². The fraction of sp³-hybridized carbons (Fsp3) is 0.478. The van der Waals surface area contributed by atoms with Crippen LogP contribution in [0.15, 0.2) is 42.9 Å². The lowest BCUT2D eigenvalue weighted by molar-refractivity contribution is -0.122. The molecule has 162 valence electrons. The Labute approximate surface area is 182 Å². The van der Waals surface area contributed by atoms with E-state index >= 15 is 0 Å². The topological polar surface area (TPSA) is 79.2 Å². The van der Waals surface area contributed by atoms with Crippen molar-refractivity contribution in [2.75, 3.05) is 36.0 Å². The summed E-state index contributed by atoms with van der Waals surface area (Å²) in [5.74, 6) is 0.908. The predicted octanol–water partition coefficient (Wildman–Crippen LogP) is 2.60. The number of hydrogen-bond acceptors (Lipinski definition) is 6. The van der Waals surface area contributed by atoms with Crippen molar-refractivity contribution in [2.45, 2.75) is 44.7 Å². The van der Waals surface area contributed by atoms with Crippen LogP contribution in [0.1, 0.15) is 32.1 Å². The average molecular weight is 420 g/mol. The van der Waals surface area contributed by atoms with E-state index in [4.69, 9.17) is 0 Å². The summed E-state index contributed by atoms with van der Waals surface area (Å²) in [4.78, 5) is 26.2. The number of carbonyl (C=O) groups is 1. The van der Waals surface area contributed by atoms with Crippen molar-refractivity contribution in [1.29, 1.82) is 0 Å². The zero-order valence-electron chi connectivity index (χ0n) is 17.8. The van der Waals surface area contributed by atoms with E-state index in [0.29, 0.717) is 11.7 Å². The highest BCUT2D eigenvalue weighted by atomic mass is 16.2. The van der Waals surface area contributed by atoms with E-state index in [0.717, 1.165) is 50.2 Å². The lowest BCUT2D eigenvalue weighted by Gasteiger charge is -2.36. The third-order valence-corrected chi connectivity index (χ3v) is 6.38. The van der Waals surface area contributed by atoms with Crippen molar-refractivity contribution >= 4 is 28.4 Å². The molecule has 0 atom stereocenters. The second kappa shape index (κ2) is 8.91. The molecule has 2 aliphatic rings. The molecule has 3 aromatic rings. The van der Waals surface area contributed by atoms with Crippen molar-refractivity contribution in [3.05, 3.63) is 42.9 Å². The fourth-order valence-corrected chi connectivity index (χ4v) is 4.72. The Morgan fingerprint density at radius 1 is 0.968 bits per heavy atom. The van der Waals surface area contributed by atoms with Gasteiger partial charge in [0.25, 0.3) is 0 Å². The van der Waals surface area contributed by atoms with Gasteiger partial charge in [0.05, 0.1) is 11.6 Å². The smallest absolute Gasteiger partial charge is 0.242 e. The van der Waals surface area contributed by atoms with Gasteiger partial charge in [-0.05, 0) is 25.0 Å². The Morgan fingerprint density at radius 3 is 2.48 bits per heavy atom. The van der Waals surface area contributed by atoms with Crippen LogP contribution in [0.2, 0.25) is 0 Å². The zero-order valence-corrected chi connectivity index (χ0v) is 17.8. The summed E-state index contributed by atoms with van der Waals surface area (Å²) in [6, 6.07) is 10.8. The van der Waals surface area contributed by atoms with Gasteiger partial charge in [0.1, 0.15) is 18.7 Å². The Bertz CT molecular complexity index is 1020. The van der Waals surface area contributed by atoms with Crippen LogP contribution in [0.3, 0.4) is 0 Å². The van der Waals surface area contributed by atoms with Crippen molar-refractivity contribution in [2.24, 2.45) is 0 Å². The summed E-state index contributed by atoms with van der Waals surface area (Å²) in [6.07, 6.45) is 9.20. The summed E-state index contributed by atoms with van der Waals surface area (Å²) in [7, 11) is 0. The maximum atomic E-state index is 12.5. The molecule has 1 amide bonds. The van der Waals surface area contributed by atoms with Gasteiger partial charge in [-0.2, -0.15) is 5.10 Å². The Hall–Kier alpha value is -3.16. The number of piperazine rings is 1. The van der Waals surface area contributed by atoms with Gasteiger partial charge in [-0.25, -0.2) is 14.6 Å². The third kappa shape index (κ3) is 4.33. The number of fused-ring (bicyclic) bond motifs is 1. The molecule has 31 heavy (non-hydrogen) atoms. The second-order valence-corrected chi connectivity index (χ2v) is 8.45. The highest BCUT2D eigenvalue weighted by Crippen LogP contribution is 2.25. The minimum absolute atomic E-state index is 0.00791. The summed E-state index contributed by atoms with van der Waals surface area (Å²) >= 11 is 0. The number of hydrogen-bond donors (Lipinski definition) is 1. The molecule has 1 N–H and O–H groups in total. The molecule has 1 aliphatic heterocycles. The molecular weight excluding hydrogens is 390 g/mol. The summed E-state index contributed by atoms with van der Waals surface area (Å²) in [6.45, 7) is 3.84. The highest BCUT2D eigenvalue weighted by Gasteiger charge is 2.22. The van der Waals surface area contributed by atoms with Gasteiger partial charge in [-0.3, -0.25) is 4.79 Å². The molecule has 0 bridgehead atoms. The number of benzene rings is 1. The Balaban J connectivity index is 1.27. The van der Waals surface area contributed by atoms with Crippen LogP contribution in [0.5, 0.6) is 0 Å². The number of nitrogens with one attached hydrogen (secondary N) is 1. The van der Waals surface area contributed by atoms with Gasteiger partial charge in [-0.1, -0.05) is 37.5 Å². The van der Waals surface area contributed by atoms with E-state index in [1.165, 1.54) is 24.9 Å². The normalized spacial score (nSPS) is 17.8. The largest absolute Gasteiger partial charge is 0.368 e. The maximum absolute atomic E-state index is 12.5. The molecule has 2 aromatic heterocycles. The first-order valence-corrected chi connectivity index (χ1v) is 11.3. The van der Waals surface area contributed by atoms with E-state index in [1.54, 1.807) is 17.2 Å².